The molecule has 18 heavy (non-hydrogen) atoms. The molecule has 0 aromatic heterocycles. The second-order valence-electron chi connectivity index (χ2n) is 6.56. The van der Waals surface area contributed by atoms with Crippen LogP contribution in [0.1, 0.15) is 38.7 Å². The predicted molar refractivity (Wildman–Crippen MR) is 78.5 cm³/mol. The molecule has 2 aliphatic heterocycles. The molecule has 2 heterocycles. The van der Waals surface area contributed by atoms with Crippen molar-refractivity contribution < 1.29 is 0 Å². The van der Waals surface area contributed by atoms with Crippen molar-refractivity contribution in [2.75, 3.05) is 29.9 Å². The van der Waals surface area contributed by atoms with Crippen LogP contribution in [0.15, 0.2) is 18.2 Å². The first kappa shape index (κ1) is 11.9. The van der Waals surface area contributed by atoms with E-state index in [4.69, 9.17) is 0 Å². The van der Waals surface area contributed by atoms with Crippen LogP contribution in [-0.2, 0) is 6.42 Å². The van der Waals surface area contributed by atoms with Crippen molar-refractivity contribution in [3.8, 4) is 0 Å². The molecule has 0 saturated carbocycles. The first-order valence-electron chi connectivity index (χ1n) is 7.26. The van der Waals surface area contributed by atoms with E-state index in [1.54, 1.807) is 0 Å². The Bertz CT molecular complexity index is 437. The maximum Gasteiger partial charge on any atom is 0.0393 e. The van der Waals surface area contributed by atoms with E-state index in [2.05, 4.69) is 42.3 Å². The van der Waals surface area contributed by atoms with Crippen LogP contribution in [0.2, 0.25) is 0 Å². The number of aryl methyl sites for hydroxylation is 1. The minimum atomic E-state index is 0.460. The van der Waals surface area contributed by atoms with Crippen molar-refractivity contribution in [2.45, 2.75) is 39.5 Å². The molecule has 1 saturated heterocycles. The van der Waals surface area contributed by atoms with Crippen LogP contribution in [0.3, 0.4) is 0 Å². The number of rotatable bonds is 1. The topological polar surface area (TPSA) is 15.3 Å². The molecular formula is C16H24N2. The van der Waals surface area contributed by atoms with E-state index in [1.165, 1.54) is 55.7 Å². The van der Waals surface area contributed by atoms with Gasteiger partial charge in [0, 0.05) is 31.0 Å². The van der Waals surface area contributed by atoms with Gasteiger partial charge in [-0.1, -0.05) is 19.9 Å². The van der Waals surface area contributed by atoms with Gasteiger partial charge in [-0.25, -0.2) is 0 Å². The zero-order valence-electron chi connectivity index (χ0n) is 11.6. The minimum absolute atomic E-state index is 0.460. The third-order valence-corrected chi connectivity index (χ3v) is 4.30. The van der Waals surface area contributed by atoms with Gasteiger partial charge < -0.3 is 10.2 Å². The lowest BCUT2D eigenvalue weighted by molar-refractivity contribution is 0.293. The van der Waals surface area contributed by atoms with Crippen LogP contribution in [0, 0.1) is 5.41 Å². The Morgan fingerprint density at radius 3 is 2.94 bits per heavy atom. The molecule has 1 aromatic rings. The molecule has 0 bridgehead atoms. The van der Waals surface area contributed by atoms with E-state index in [0.29, 0.717) is 5.41 Å². The lowest BCUT2D eigenvalue weighted by atomic mass is 9.84. The van der Waals surface area contributed by atoms with Gasteiger partial charge in [0.1, 0.15) is 0 Å². The highest BCUT2D eigenvalue weighted by Crippen LogP contribution is 2.34. The molecule has 2 heteroatoms. The SMILES string of the molecule is CC1(C)CCCN(c2ccc3c(c2)NCCC3)C1. The second-order valence-corrected chi connectivity index (χ2v) is 6.56. The summed E-state index contributed by atoms with van der Waals surface area (Å²) in [6.45, 7) is 8.29. The third kappa shape index (κ3) is 2.33. The predicted octanol–water partition coefficient (Wildman–Crippen LogP) is 3.67. The smallest absolute Gasteiger partial charge is 0.0393 e. The Labute approximate surface area is 110 Å². The van der Waals surface area contributed by atoms with E-state index < -0.39 is 0 Å². The molecule has 0 spiro atoms. The van der Waals surface area contributed by atoms with Gasteiger partial charge in [-0.2, -0.15) is 0 Å². The fourth-order valence-electron chi connectivity index (χ4n) is 3.29. The molecule has 2 aliphatic rings. The third-order valence-electron chi connectivity index (χ3n) is 4.30. The van der Waals surface area contributed by atoms with Gasteiger partial charge in [-0.3, -0.25) is 0 Å². The summed E-state index contributed by atoms with van der Waals surface area (Å²) in [5.74, 6) is 0. The summed E-state index contributed by atoms with van der Waals surface area (Å²) in [6.07, 6.45) is 5.17. The zero-order valence-corrected chi connectivity index (χ0v) is 11.6. The highest BCUT2D eigenvalue weighted by Gasteiger charge is 2.26. The fourth-order valence-corrected chi connectivity index (χ4v) is 3.29. The summed E-state index contributed by atoms with van der Waals surface area (Å²) in [5.41, 5.74) is 4.71. The Morgan fingerprint density at radius 2 is 2.11 bits per heavy atom. The largest absolute Gasteiger partial charge is 0.385 e. The standard InChI is InChI=1S/C16H24N2/c1-16(2)8-4-10-18(12-16)14-7-6-13-5-3-9-17-15(13)11-14/h6-7,11,17H,3-5,8-10,12H2,1-2H3. The Morgan fingerprint density at radius 1 is 1.22 bits per heavy atom. The number of anilines is 2. The summed E-state index contributed by atoms with van der Waals surface area (Å²) < 4.78 is 0. The van der Waals surface area contributed by atoms with E-state index in [0.717, 1.165) is 6.54 Å². The van der Waals surface area contributed by atoms with Crippen LogP contribution in [0.5, 0.6) is 0 Å². The summed E-state index contributed by atoms with van der Waals surface area (Å²) in [7, 11) is 0. The first-order chi connectivity index (χ1) is 8.64. The van der Waals surface area contributed by atoms with Gasteiger partial charge in [0.05, 0.1) is 0 Å². The van der Waals surface area contributed by atoms with E-state index in [-0.39, 0.29) is 0 Å². The highest BCUT2D eigenvalue weighted by molar-refractivity contribution is 5.63. The van der Waals surface area contributed by atoms with Crippen LogP contribution in [0.25, 0.3) is 0 Å². The number of nitrogens with one attached hydrogen (secondary N) is 1. The molecule has 98 valence electrons. The fraction of sp³-hybridized carbons (Fsp3) is 0.625. The van der Waals surface area contributed by atoms with Crippen LogP contribution in [-0.4, -0.2) is 19.6 Å². The molecule has 0 aliphatic carbocycles. The summed E-state index contributed by atoms with van der Waals surface area (Å²) in [4.78, 5) is 2.56. The summed E-state index contributed by atoms with van der Waals surface area (Å²) >= 11 is 0. The molecule has 1 fully saturated rings. The van der Waals surface area contributed by atoms with Gasteiger partial charge in [-0.05, 0) is 48.8 Å². The molecule has 0 unspecified atom stereocenters. The van der Waals surface area contributed by atoms with Gasteiger partial charge in [0.2, 0.25) is 0 Å². The number of hydrogen-bond donors (Lipinski definition) is 1. The summed E-state index contributed by atoms with van der Waals surface area (Å²) in [5, 5.41) is 3.54. The monoisotopic (exact) mass is 244 g/mol. The molecule has 2 nitrogen and oxygen atoms in total. The molecular weight excluding hydrogens is 220 g/mol. The van der Waals surface area contributed by atoms with Crippen molar-refractivity contribution in [1.29, 1.82) is 0 Å². The lowest BCUT2D eigenvalue weighted by Crippen LogP contribution is -2.40. The van der Waals surface area contributed by atoms with Crippen LogP contribution >= 0.6 is 0 Å². The molecule has 3 rings (SSSR count). The number of piperidine rings is 1. The second kappa shape index (κ2) is 4.49. The molecule has 0 radical (unpaired) electrons. The normalized spacial score (nSPS) is 22.2. The van der Waals surface area contributed by atoms with Crippen molar-refractivity contribution in [3.63, 3.8) is 0 Å². The average Bonchev–Trinajstić information content (AvgIpc) is 2.37. The molecule has 0 atom stereocenters. The highest BCUT2D eigenvalue weighted by atomic mass is 15.1. The zero-order chi connectivity index (χ0) is 12.6. The Kier molecular flexibility index (Phi) is 2.96. The van der Waals surface area contributed by atoms with Gasteiger partial charge in [0.25, 0.3) is 0 Å². The van der Waals surface area contributed by atoms with Crippen molar-refractivity contribution >= 4 is 11.4 Å². The van der Waals surface area contributed by atoms with Gasteiger partial charge in [-0.15, -0.1) is 0 Å². The van der Waals surface area contributed by atoms with Gasteiger partial charge >= 0.3 is 0 Å². The Balaban J connectivity index is 1.83. The van der Waals surface area contributed by atoms with Crippen molar-refractivity contribution in [2.24, 2.45) is 5.41 Å². The summed E-state index contributed by atoms with van der Waals surface area (Å²) in [6, 6.07) is 6.99. The van der Waals surface area contributed by atoms with E-state index in [1.807, 2.05) is 0 Å². The number of fused-ring (bicyclic) bond motifs is 1. The number of benzene rings is 1. The average molecular weight is 244 g/mol. The van der Waals surface area contributed by atoms with E-state index in [9.17, 15) is 0 Å². The van der Waals surface area contributed by atoms with Crippen molar-refractivity contribution in [3.05, 3.63) is 23.8 Å². The van der Waals surface area contributed by atoms with Crippen molar-refractivity contribution in [1.82, 2.24) is 0 Å². The van der Waals surface area contributed by atoms with Gasteiger partial charge in [0.15, 0.2) is 0 Å². The van der Waals surface area contributed by atoms with E-state index >= 15 is 0 Å². The lowest BCUT2D eigenvalue weighted by Gasteiger charge is -2.39. The van der Waals surface area contributed by atoms with Crippen LogP contribution in [0.4, 0.5) is 11.4 Å². The number of hydrogen-bond acceptors (Lipinski definition) is 2. The molecule has 0 amide bonds. The first-order valence-corrected chi connectivity index (χ1v) is 7.26. The van der Waals surface area contributed by atoms with Crippen LogP contribution < -0.4 is 10.2 Å². The maximum atomic E-state index is 3.54. The Hall–Kier alpha value is -1.18. The molecule has 1 N–H and O–H groups in total. The minimum Gasteiger partial charge on any atom is -0.385 e. The maximum absolute atomic E-state index is 3.54. The molecule has 1 aromatic carbocycles. The number of nitrogens with zero attached hydrogens (tertiary/aromatic N) is 1. The quantitative estimate of drug-likeness (QED) is 0.811.